The summed E-state index contributed by atoms with van der Waals surface area (Å²) in [4.78, 5) is 0. The molecule has 0 atom stereocenters. The summed E-state index contributed by atoms with van der Waals surface area (Å²) in [6, 6.07) is 6.98. The van der Waals surface area contributed by atoms with Gasteiger partial charge in [-0.25, -0.2) is 0 Å². The van der Waals surface area contributed by atoms with Gasteiger partial charge in [-0.1, -0.05) is 25.0 Å². The molecule has 0 radical (unpaired) electrons. The van der Waals surface area contributed by atoms with E-state index in [1.807, 2.05) is 6.07 Å². The molecule has 1 saturated carbocycles. The van der Waals surface area contributed by atoms with E-state index in [2.05, 4.69) is 0 Å². The Kier molecular flexibility index (Phi) is 4.00. The zero-order chi connectivity index (χ0) is 13.8. The van der Waals surface area contributed by atoms with Gasteiger partial charge in [0.2, 0.25) is 0 Å². The SMILES string of the molecule is NC(N)=C(/C=C(\N)c1ccccc1O)C1CCCC1. The summed E-state index contributed by atoms with van der Waals surface area (Å²) in [5, 5.41) is 9.80. The monoisotopic (exact) mass is 259 g/mol. The predicted octanol–water partition coefficient (Wildman–Crippen LogP) is 2.01. The second-order valence-electron chi connectivity index (χ2n) is 5.01. The number of benzene rings is 1. The molecule has 2 rings (SSSR count). The summed E-state index contributed by atoms with van der Waals surface area (Å²) in [5.41, 5.74) is 19.6. The fraction of sp³-hybridized carbons (Fsp3) is 0.333. The van der Waals surface area contributed by atoms with E-state index < -0.39 is 0 Å². The van der Waals surface area contributed by atoms with Crippen LogP contribution in [0.1, 0.15) is 31.2 Å². The van der Waals surface area contributed by atoms with Crippen molar-refractivity contribution in [3.63, 3.8) is 0 Å². The van der Waals surface area contributed by atoms with Gasteiger partial charge in [0.1, 0.15) is 5.75 Å². The van der Waals surface area contributed by atoms with Crippen molar-refractivity contribution < 1.29 is 5.11 Å². The third-order valence-corrected chi connectivity index (χ3v) is 3.65. The average molecular weight is 259 g/mol. The first-order valence-electron chi connectivity index (χ1n) is 6.60. The number of allylic oxidation sites excluding steroid dienone is 2. The number of hydrogen-bond donors (Lipinski definition) is 4. The van der Waals surface area contributed by atoms with E-state index in [0.29, 0.717) is 23.0 Å². The fourth-order valence-electron chi connectivity index (χ4n) is 2.64. The molecule has 0 aliphatic heterocycles. The molecule has 4 heteroatoms. The molecule has 1 aliphatic rings. The summed E-state index contributed by atoms with van der Waals surface area (Å²) in [5.74, 6) is 0.872. The van der Waals surface area contributed by atoms with Crippen molar-refractivity contribution in [2.75, 3.05) is 0 Å². The van der Waals surface area contributed by atoms with E-state index in [1.54, 1.807) is 24.3 Å². The summed E-state index contributed by atoms with van der Waals surface area (Å²) in [6.45, 7) is 0. The molecule has 1 aliphatic carbocycles. The van der Waals surface area contributed by atoms with Crippen LogP contribution in [0, 0.1) is 5.92 Å². The number of hydrogen-bond acceptors (Lipinski definition) is 4. The normalized spacial score (nSPS) is 16.5. The smallest absolute Gasteiger partial charge is 0.124 e. The second-order valence-corrected chi connectivity index (χ2v) is 5.01. The third-order valence-electron chi connectivity index (χ3n) is 3.65. The molecule has 102 valence electrons. The molecule has 7 N–H and O–H groups in total. The van der Waals surface area contributed by atoms with Gasteiger partial charge in [-0.3, -0.25) is 0 Å². The molecule has 0 heterocycles. The molecule has 1 fully saturated rings. The number of phenolic OH excluding ortho intramolecular Hbond substituents is 1. The van der Waals surface area contributed by atoms with Gasteiger partial charge in [-0.2, -0.15) is 0 Å². The van der Waals surface area contributed by atoms with E-state index >= 15 is 0 Å². The highest BCUT2D eigenvalue weighted by atomic mass is 16.3. The van der Waals surface area contributed by atoms with Crippen LogP contribution in [0.2, 0.25) is 0 Å². The van der Waals surface area contributed by atoms with Crippen LogP contribution in [0.5, 0.6) is 5.75 Å². The van der Waals surface area contributed by atoms with Crippen LogP contribution in [-0.2, 0) is 0 Å². The van der Waals surface area contributed by atoms with Gasteiger partial charge in [0.15, 0.2) is 0 Å². The number of phenols is 1. The molecule has 1 aromatic carbocycles. The average Bonchev–Trinajstić information content (AvgIpc) is 2.89. The van der Waals surface area contributed by atoms with Crippen LogP contribution in [0.25, 0.3) is 5.70 Å². The second kappa shape index (κ2) is 5.69. The van der Waals surface area contributed by atoms with Crippen molar-refractivity contribution in [1.29, 1.82) is 0 Å². The Morgan fingerprint density at radius 3 is 2.32 bits per heavy atom. The topological polar surface area (TPSA) is 98.3 Å². The standard InChI is InChI=1S/C15H21N3O/c16-13(11-7-3-4-8-14(11)19)9-12(15(17)18)10-5-1-2-6-10/h3-4,7-10,19H,1-2,5-6,16-18H2/b13-9-. The van der Waals surface area contributed by atoms with Gasteiger partial charge in [0.25, 0.3) is 0 Å². The van der Waals surface area contributed by atoms with Gasteiger partial charge >= 0.3 is 0 Å². The van der Waals surface area contributed by atoms with E-state index in [4.69, 9.17) is 17.2 Å². The number of para-hydroxylation sites is 1. The van der Waals surface area contributed by atoms with Crippen molar-refractivity contribution in [2.24, 2.45) is 23.1 Å². The number of nitrogens with two attached hydrogens (primary N) is 3. The van der Waals surface area contributed by atoms with E-state index in [-0.39, 0.29) is 5.75 Å². The van der Waals surface area contributed by atoms with Gasteiger partial charge in [-0.15, -0.1) is 0 Å². The number of rotatable bonds is 3. The Balaban J connectivity index is 2.32. The highest BCUT2D eigenvalue weighted by molar-refractivity contribution is 5.70. The minimum atomic E-state index is 0.164. The van der Waals surface area contributed by atoms with Gasteiger partial charge in [-0.05, 0) is 42.5 Å². The summed E-state index contributed by atoms with van der Waals surface area (Å²) >= 11 is 0. The fourth-order valence-corrected chi connectivity index (χ4v) is 2.64. The molecule has 0 saturated heterocycles. The zero-order valence-electron chi connectivity index (χ0n) is 11.0. The van der Waals surface area contributed by atoms with Gasteiger partial charge in [0, 0.05) is 11.3 Å². The maximum atomic E-state index is 9.80. The Morgan fingerprint density at radius 1 is 1.11 bits per heavy atom. The van der Waals surface area contributed by atoms with Crippen LogP contribution in [0.3, 0.4) is 0 Å². The number of aromatic hydroxyl groups is 1. The van der Waals surface area contributed by atoms with E-state index in [0.717, 1.165) is 18.4 Å². The molecule has 0 amide bonds. The van der Waals surface area contributed by atoms with E-state index in [9.17, 15) is 5.11 Å². The van der Waals surface area contributed by atoms with Gasteiger partial charge in [0.05, 0.1) is 5.82 Å². The molecule has 0 unspecified atom stereocenters. The summed E-state index contributed by atoms with van der Waals surface area (Å²) in [6.07, 6.45) is 6.40. The lowest BCUT2D eigenvalue weighted by Crippen LogP contribution is -2.16. The largest absolute Gasteiger partial charge is 0.507 e. The molecule has 4 nitrogen and oxygen atoms in total. The zero-order valence-corrected chi connectivity index (χ0v) is 11.0. The third kappa shape index (κ3) is 3.02. The summed E-state index contributed by atoms with van der Waals surface area (Å²) < 4.78 is 0. The van der Waals surface area contributed by atoms with Crippen molar-refractivity contribution in [3.05, 3.63) is 47.3 Å². The van der Waals surface area contributed by atoms with Crippen molar-refractivity contribution in [3.8, 4) is 5.75 Å². The Bertz CT molecular complexity index is 510. The maximum absolute atomic E-state index is 9.80. The first-order chi connectivity index (χ1) is 9.09. The Labute approximate surface area is 113 Å². The van der Waals surface area contributed by atoms with Crippen LogP contribution >= 0.6 is 0 Å². The van der Waals surface area contributed by atoms with Gasteiger partial charge < -0.3 is 22.3 Å². The first kappa shape index (κ1) is 13.3. The highest BCUT2D eigenvalue weighted by Gasteiger charge is 2.20. The minimum Gasteiger partial charge on any atom is -0.507 e. The lowest BCUT2D eigenvalue weighted by molar-refractivity contribution is 0.473. The Morgan fingerprint density at radius 2 is 1.74 bits per heavy atom. The minimum absolute atomic E-state index is 0.164. The van der Waals surface area contributed by atoms with Crippen LogP contribution in [0.15, 0.2) is 41.7 Å². The molecule has 0 aromatic heterocycles. The van der Waals surface area contributed by atoms with Crippen molar-refractivity contribution >= 4 is 5.70 Å². The van der Waals surface area contributed by atoms with Crippen LogP contribution in [0.4, 0.5) is 0 Å². The lowest BCUT2D eigenvalue weighted by atomic mass is 9.95. The van der Waals surface area contributed by atoms with Crippen LogP contribution in [-0.4, -0.2) is 5.11 Å². The molecular weight excluding hydrogens is 238 g/mol. The first-order valence-corrected chi connectivity index (χ1v) is 6.60. The molecule has 1 aromatic rings. The molecular formula is C15H21N3O. The maximum Gasteiger partial charge on any atom is 0.124 e. The predicted molar refractivity (Wildman–Crippen MR) is 77.6 cm³/mol. The van der Waals surface area contributed by atoms with Crippen molar-refractivity contribution in [1.82, 2.24) is 0 Å². The highest BCUT2D eigenvalue weighted by Crippen LogP contribution is 2.33. The van der Waals surface area contributed by atoms with Crippen molar-refractivity contribution in [2.45, 2.75) is 25.7 Å². The molecule has 19 heavy (non-hydrogen) atoms. The van der Waals surface area contributed by atoms with Crippen LogP contribution < -0.4 is 17.2 Å². The summed E-state index contributed by atoms with van der Waals surface area (Å²) in [7, 11) is 0. The quantitative estimate of drug-likeness (QED) is 0.624. The molecule has 0 spiro atoms. The molecule has 0 bridgehead atoms. The lowest BCUT2D eigenvalue weighted by Gasteiger charge is -2.14. The Hall–Kier alpha value is -2.10. The van der Waals surface area contributed by atoms with E-state index in [1.165, 1.54) is 12.8 Å².